The molecule has 0 aliphatic heterocycles. The molecule has 2 heteroatoms. The van der Waals surface area contributed by atoms with Crippen molar-refractivity contribution in [2.45, 2.75) is 13.8 Å². The molecule has 0 spiro atoms. The van der Waals surface area contributed by atoms with E-state index in [1.807, 2.05) is 20.1 Å². The van der Waals surface area contributed by atoms with Crippen LogP contribution in [0.4, 0.5) is 0 Å². The molecule has 0 aromatic rings. The van der Waals surface area contributed by atoms with Crippen molar-refractivity contribution < 1.29 is 0 Å². The molecule has 0 aliphatic rings. The first-order chi connectivity index (χ1) is 6.15. The van der Waals surface area contributed by atoms with Gasteiger partial charge in [-0.05, 0) is 12.0 Å². The molecule has 0 radical (unpaired) electrons. The number of rotatable bonds is 5. The summed E-state index contributed by atoms with van der Waals surface area (Å²) >= 11 is 0. The summed E-state index contributed by atoms with van der Waals surface area (Å²) < 4.78 is 0. The molecule has 0 bridgehead atoms. The van der Waals surface area contributed by atoms with Crippen molar-refractivity contribution in [3.63, 3.8) is 0 Å². The largest absolute Gasteiger partial charge is 0.308 e. The number of nitrogens with zero attached hydrogens (tertiary/aromatic N) is 1. The Hall–Kier alpha value is -1.44. The van der Waals surface area contributed by atoms with Crippen LogP contribution in [0.2, 0.25) is 0 Å². The molecular weight excluding hydrogens is 160 g/mol. The molecule has 2 nitrogen and oxygen atoms in total. The fraction of sp³-hybridized carbons (Fsp3) is 0.273. The zero-order valence-electron chi connectivity index (χ0n) is 8.25. The van der Waals surface area contributed by atoms with E-state index in [1.54, 1.807) is 12.2 Å². The molecule has 0 rings (SSSR count). The third kappa shape index (κ3) is 4.21. The molecule has 0 heterocycles. The van der Waals surface area contributed by atoms with Crippen LogP contribution in [0.25, 0.3) is 0 Å². The van der Waals surface area contributed by atoms with Crippen molar-refractivity contribution >= 4 is 12.4 Å². The molecule has 0 fully saturated rings. The molecule has 0 aromatic carbocycles. The topological polar surface area (TPSA) is 36.2 Å². The van der Waals surface area contributed by atoms with Gasteiger partial charge in [-0.15, -0.1) is 0 Å². The normalized spacial score (nSPS) is 12.8. The van der Waals surface area contributed by atoms with Gasteiger partial charge in [0.05, 0.1) is 5.70 Å². The van der Waals surface area contributed by atoms with Gasteiger partial charge in [-0.25, -0.2) is 0 Å². The Morgan fingerprint density at radius 1 is 1.31 bits per heavy atom. The lowest BCUT2D eigenvalue weighted by atomic mass is 10.2. The lowest BCUT2D eigenvalue weighted by molar-refractivity contribution is 0.905. The van der Waals surface area contributed by atoms with Crippen molar-refractivity contribution in [1.29, 1.82) is 5.41 Å². The first kappa shape index (κ1) is 11.6. The third-order valence-electron chi connectivity index (χ3n) is 1.38. The molecule has 13 heavy (non-hydrogen) atoms. The lowest BCUT2D eigenvalue weighted by Crippen LogP contribution is -1.90. The second kappa shape index (κ2) is 6.12. The zero-order valence-corrected chi connectivity index (χ0v) is 8.25. The van der Waals surface area contributed by atoms with E-state index < -0.39 is 0 Å². The minimum Gasteiger partial charge on any atom is -0.308 e. The van der Waals surface area contributed by atoms with Crippen molar-refractivity contribution in [2.75, 3.05) is 0 Å². The molecule has 0 saturated carbocycles. The summed E-state index contributed by atoms with van der Waals surface area (Å²) in [5.41, 5.74) is 1.38. The van der Waals surface area contributed by atoms with Gasteiger partial charge < -0.3 is 5.41 Å². The van der Waals surface area contributed by atoms with Gasteiger partial charge in [0.1, 0.15) is 0 Å². The fourth-order valence-corrected chi connectivity index (χ4v) is 0.712. The monoisotopic (exact) mass is 176 g/mol. The van der Waals surface area contributed by atoms with Crippen molar-refractivity contribution in [3.05, 3.63) is 36.6 Å². The van der Waals surface area contributed by atoms with E-state index in [2.05, 4.69) is 18.2 Å². The Labute approximate surface area is 79.9 Å². The van der Waals surface area contributed by atoms with Gasteiger partial charge in [-0.2, -0.15) is 0 Å². The van der Waals surface area contributed by atoms with Crippen LogP contribution >= 0.6 is 0 Å². The van der Waals surface area contributed by atoms with E-state index in [-0.39, 0.29) is 0 Å². The van der Waals surface area contributed by atoms with Crippen LogP contribution in [0.3, 0.4) is 0 Å². The molecule has 1 N–H and O–H groups in total. The van der Waals surface area contributed by atoms with E-state index in [0.717, 1.165) is 0 Å². The van der Waals surface area contributed by atoms with Crippen LogP contribution in [-0.4, -0.2) is 12.4 Å². The maximum absolute atomic E-state index is 7.10. The Morgan fingerprint density at radius 3 is 2.23 bits per heavy atom. The quantitative estimate of drug-likeness (QED) is 0.494. The summed E-state index contributed by atoms with van der Waals surface area (Å²) in [5, 5.41) is 7.10. The van der Waals surface area contributed by atoms with Crippen LogP contribution in [-0.2, 0) is 0 Å². The fourth-order valence-electron chi connectivity index (χ4n) is 0.712. The van der Waals surface area contributed by atoms with E-state index in [0.29, 0.717) is 17.2 Å². The van der Waals surface area contributed by atoms with E-state index >= 15 is 0 Å². The maximum atomic E-state index is 7.10. The number of allylic oxidation sites excluding steroid dienone is 3. The van der Waals surface area contributed by atoms with Crippen molar-refractivity contribution in [3.8, 4) is 0 Å². The van der Waals surface area contributed by atoms with Gasteiger partial charge >= 0.3 is 0 Å². The third-order valence-corrected chi connectivity index (χ3v) is 1.38. The number of hydrogen-bond acceptors (Lipinski definition) is 2. The number of hydrogen-bond donors (Lipinski definition) is 1. The van der Waals surface area contributed by atoms with Gasteiger partial charge in [-0.1, -0.05) is 33.1 Å². The predicted molar refractivity (Wildman–Crippen MR) is 59.5 cm³/mol. The molecule has 0 aromatic heterocycles. The Balaban J connectivity index is 4.86. The highest BCUT2D eigenvalue weighted by molar-refractivity contribution is 5.82. The lowest BCUT2D eigenvalue weighted by Gasteiger charge is -1.98. The SMILES string of the molecule is C=C/C(C=N)=C(\C=C)N=CC(C)C. The molecule has 0 unspecified atom stereocenters. The Bertz CT molecular complexity index is 247. The van der Waals surface area contributed by atoms with Crippen LogP contribution < -0.4 is 0 Å². The summed E-state index contributed by atoms with van der Waals surface area (Å²) in [5.74, 6) is 0.395. The van der Waals surface area contributed by atoms with Gasteiger partial charge in [0.2, 0.25) is 0 Å². The van der Waals surface area contributed by atoms with Crippen molar-refractivity contribution in [1.82, 2.24) is 0 Å². The minimum absolute atomic E-state index is 0.395. The molecule has 0 amide bonds. The highest BCUT2D eigenvalue weighted by atomic mass is 14.7. The first-order valence-electron chi connectivity index (χ1n) is 4.19. The number of nitrogens with one attached hydrogen (secondary N) is 1. The summed E-state index contributed by atoms with van der Waals surface area (Å²) in [6.45, 7) is 11.3. The highest BCUT2D eigenvalue weighted by Crippen LogP contribution is 2.06. The average Bonchev–Trinajstić information content (AvgIpc) is 2.11. The molecule has 70 valence electrons. The van der Waals surface area contributed by atoms with E-state index in [4.69, 9.17) is 5.41 Å². The van der Waals surface area contributed by atoms with Gasteiger partial charge in [0, 0.05) is 18.0 Å². The number of aliphatic imine (C=N–C) groups is 1. The van der Waals surface area contributed by atoms with Crippen molar-refractivity contribution in [2.24, 2.45) is 10.9 Å². The standard InChI is InChI=1S/C11H16N2/c1-5-10(7-12)11(6-2)13-8-9(3)4/h5-9,12H,1-2H2,3-4H3/b11-10-,12-7?,13-8?. The molecule has 0 saturated heterocycles. The summed E-state index contributed by atoms with van der Waals surface area (Å²) in [7, 11) is 0. The smallest absolute Gasteiger partial charge is 0.0707 e. The summed E-state index contributed by atoms with van der Waals surface area (Å²) in [6, 6.07) is 0. The molecule has 0 aliphatic carbocycles. The van der Waals surface area contributed by atoms with E-state index in [9.17, 15) is 0 Å². The van der Waals surface area contributed by atoms with E-state index in [1.165, 1.54) is 6.21 Å². The minimum atomic E-state index is 0.395. The molecule has 0 atom stereocenters. The summed E-state index contributed by atoms with van der Waals surface area (Å²) in [4.78, 5) is 4.20. The second-order valence-electron chi connectivity index (χ2n) is 2.92. The molecular formula is C11H16N2. The van der Waals surface area contributed by atoms with Crippen LogP contribution in [0.15, 0.2) is 41.6 Å². The highest BCUT2D eigenvalue weighted by Gasteiger charge is 1.94. The van der Waals surface area contributed by atoms with Gasteiger partial charge in [0.25, 0.3) is 0 Å². The maximum Gasteiger partial charge on any atom is 0.0707 e. The van der Waals surface area contributed by atoms with Crippen LogP contribution in [0.5, 0.6) is 0 Å². The van der Waals surface area contributed by atoms with Gasteiger partial charge in [-0.3, -0.25) is 4.99 Å². The van der Waals surface area contributed by atoms with Crippen LogP contribution in [0.1, 0.15) is 13.8 Å². The second-order valence-corrected chi connectivity index (χ2v) is 2.92. The zero-order chi connectivity index (χ0) is 10.3. The van der Waals surface area contributed by atoms with Gasteiger partial charge in [0.15, 0.2) is 0 Å². The Morgan fingerprint density at radius 2 is 1.92 bits per heavy atom. The predicted octanol–water partition coefficient (Wildman–Crippen LogP) is 2.99. The average molecular weight is 176 g/mol. The Kier molecular flexibility index (Phi) is 5.44. The first-order valence-corrected chi connectivity index (χ1v) is 4.19. The summed E-state index contributed by atoms with van der Waals surface area (Å²) in [6.07, 6.45) is 6.27. The van der Waals surface area contributed by atoms with Crippen LogP contribution in [0, 0.1) is 11.3 Å².